The SMILES string of the molecule is O=[N+]([O-])c1ccccc1S(=O)(=O)N(C1CCNCC1)C1CCS(=O)(=O)C1. The number of nitrogens with one attached hydrogen (secondary N) is 1. The molecule has 0 radical (unpaired) electrons. The Hall–Kier alpha value is -1.56. The standard InChI is InChI=1S/C15H21N3O6S2/c19-18(20)14-3-1-2-4-15(14)26(23,24)17(12-5-8-16-9-6-12)13-7-10-25(21,22)11-13/h1-4,12-13,16H,5-11H2. The number of nitro groups is 1. The third-order valence-corrected chi connectivity index (χ3v) is 8.66. The Bertz CT molecular complexity index is 894. The van der Waals surface area contributed by atoms with E-state index in [0.717, 1.165) is 6.07 Å². The molecule has 0 amide bonds. The van der Waals surface area contributed by atoms with Crippen molar-refractivity contribution in [2.45, 2.75) is 36.2 Å². The number of piperidine rings is 1. The van der Waals surface area contributed by atoms with Gasteiger partial charge in [-0.25, -0.2) is 16.8 Å². The lowest BCUT2D eigenvalue weighted by Gasteiger charge is -2.37. The van der Waals surface area contributed by atoms with E-state index in [9.17, 15) is 26.9 Å². The highest BCUT2D eigenvalue weighted by atomic mass is 32.2. The van der Waals surface area contributed by atoms with Gasteiger partial charge in [-0.05, 0) is 38.4 Å². The number of sulfonamides is 1. The molecular formula is C15H21N3O6S2. The van der Waals surface area contributed by atoms with E-state index >= 15 is 0 Å². The number of para-hydroxylation sites is 1. The molecule has 11 heteroatoms. The summed E-state index contributed by atoms with van der Waals surface area (Å²) in [6, 6.07) is 4.15. The van der Waals surface area contributed by atoms with Crippen LogP contribution in [0, 0.1) is 10.1 Å². The van der Waals surface area contributed by atoms with Crippen molar-refractivity contribution < 1.29 is 21.8 Å². The maximum atomic E-state index is 13.4. The first-order valence-electron chi connectivity index (χ1n) is 8.40. The minimum Gasteiger partial charge on any atom is -0.317 e. The van der Waals surface area contributed by atoms with Gasteiger partial charge in [-0.15, -0.1) is 0 Å². The molecule has 144 valence electrons. The fourth-order valence-corrected chi connectivity index (χ4v) is 7.53. The number of rotatable bonds is 5. The van der Waals surface area contributed by atoms with E-state index in [2.05, 4.69) is 5.32 Å². The maximum absolute atomic E-state index is 13.4. The number of nitrogens with zero attached hydrogens (tertiary/aromatic N) is 2. The van der Waals surface area contributed by atoms with Gasteiger partial charge in [-0.3, -0.25) is 10.1 Å². The molecule has 1 N–H and O–H groups in total. The summed E-state index contributed by atoms with van der Waals surface area (Å²) in [5, 5.41) is 14.5. The predicted octanol–water partition coefficient (Wildman–Crippen LogP) is 0.525. The number of hydrogen-bond acceptors (Lipinski definition) is 7. The average molecular weight is 403 g/mol. The van der Waals surface area contributed by atoms with E-state index in [-0.39, 0.29) is 28.9 Å². The summed E-state index contributed by atoms with van der Waals surface area (Å²) in [5.74, 6) is -0.303. The second kappa shape index (κ2) is 7.22. The molecule has 0 saturated carbocycles. The van der Waals surface area contributed by atoms with E-state index in [0.29, 0.717) is 25.9 Å². The fourth-order valence-electron chi connectivity index (χ4n) is 3.67. The Balaban J connectivity index is 2.07. The normalized spacial score (nSPS) is 24.0. The second-order valence-corrected chi connectivity index (χ2v) is 10.6. The smallest absolute Gasteiger partial charge is 0.289 e. The Labute approximate surface area is 152 Å². The molecule has 1 aromatic rings. The maximum Gasteiger partial charge on any atom is 0.289 e. The number of sulfone groups is 1. The number of nitro benzene ring substituents is 1. The van der Waals surface area contributed by atoms with Crippen LogP contribution in [0.15, 0.2) is 29.2 Å². The molecule has 1 unspecified atom stereocenters. The van der Waals surface area contributed by atoms with Gasteiger partial charge in [0.15, 0.2) is 14.7 Å². The Kier molecular flexibility index (Phi) is 5.33. The molecule has 26 heavy (non-hydrogen) atoms. The van der Waals surface area contributed by atoms with Crippen molar-refractivity contribution in [1.29, 1.82) is 0 Å². The molecule has 0 aliphatic carbocycles. The molecule has 0 bridgehead atoms. The first kappa shape index (κ1) is 19.2. The van der Waals surface area contributed by atoms with E-state index in [1.165, 1.54) is 22.5 Å². The van der Waals surface area contributed by atoms with Gasteiger partial charge in [-0.2, -0.15) is 4.31 Å². The topological polar surface area (TPSA) is 127 Å². The van der Waals surface area contributed by atoms with Crippen LogP contribution in [0.25, 0.3) is 0 Å². The lowest BCUT2D eigenvalue weighted by Crippen LogP contribution is -2.51. The largest absolute Gasteiger partial charge is 0.317 e. The summed E-state index contributed by atoms with van der Waals surface area (Å²) in [6.07, 6.45) is 1.29. The van der Waals surface area contributed by atoms with Crippen LogP contribution in [0.1, 0.15) is 19.3 Å². The van der Waals surface area contributed by atoms with Crippen LogP contribution in [-0.2, 0) is 19.9 Å². The van der Waals surface area contributed by atoms with E-state index in [1.807, 2.05) is 0 Å². The molecule has 2 aliphatic rings. The van der Waals surface area contributed by atoms with Crippen LogP contribution < -0.4 is 5.32 Å². The minimum atomic E-state index is -4.21. The van der Waals surface area contributed by atoms with Crippen LogP contribution in [0.4, 0.5) is 5.69 Å². The highest BCUT2D eigenvalue weighted by Gasteiger charge is 2.44. The van der Waals surface area contributed by atoms with Crippen molar-refractivity contribution in [2.75, 3.05) is 24.6 Å². The summed E-state index contributed by atoms with van der Waals surface area (Å²) >= 11 is 0. The van der Waals surface area contributed by atoms with Crippen LogP contribution in [0.5, 0.6) is 0 Å². The van der Waals surface area contributed by atoms with Gasteiger partial charge >= 0.3 is 0 Å². The van der Waals surface area contributed by atoms with Gasteiger partial charge in [0.2, 0.25) is 10.0 Å². The summed E-state index contributed by atoms with van der Waals surface area (Å²) < 4.78 is 51.8. The van der Waals surface area contributed by atoms with Crippen molar-refractivity contribution in [3.63, 3.8) is 0 Å². The molecule has 0 spiro atoms. The van der Waals surface area contributed by atoms with Crippen molar-refractivity contribution in [1.82, 2.24) is 9.62 Å². The highest BCUT2D eigenvalue weighted by Crippen LogP contribution is 2.33. The molecular weight excluding hydrogens is 382 g/mol. The number of benzene rings is 1. The van der Waals surface area contributed by atoms with Crippen molar-refractivity contribution >= 4 is 25.5 Å². The summed E-state index contributed by atoms with van der Waals surface area (Å²) in [5.41, 5.74) is -0.493. The van der Waals surface area contributed by atoms with Gasteiger partial charge in [0.05, 0.1) is 16.4 Å². The quantitative estimate of drug-likeness (QED) is 0.561. The molecule has 1 aromatic carbocycles. The van der Waals surface area contributed by atoms with Gasteiger partial charge in [0, 0.05) is 18.2 Å². The van der Waals surface area contributed by atoms with Gasteiger partial charge in [-0.1, -0.05) is 12.1 Å². The van der Waals surface area contributed by atoms with Crippen molar-refractivity contribution in [3.05, 3.63) is 34.4 Å². The van der Waals surface area contributed by atoms with Gasteiger partial charge in [0.25, 0.3) is 5.69 Å². The van der Waals surface area contributed by atoms with Crippen LogP contribution in [-0.4, -0.2) is 62.7 Å². The minimum absolute atomic E-state index is 0.0639. The van der Waals surface area contributed by atoms with E-state index in [1.54, 1.807) is 0 Å². The Morgan fingerprint density at radius 2 is 1.77 bits per heavy atom. The van der Waals surface area contributed by atoms with E-state index in [4.69, 9.17) is 0 Å². The monoisotopic (exact) mass is 403 g/mol. The molecule has 9 nitrogen and oxygen atoms in total. The van der Waals surface area contributed by atoms with Gasteiger partial charge < -0.3 is 5.32 Å². The first-order valence-corrected chi connectivity index (χ1v) is 11.7. The summed E-state index contributed by atoms with van der Waals surface area (Å²) in [4.78, 5) is 10.2. The van der Waals surface area contributed by atoms with E-state index < -0.39 is 36.5 Å². The van der Waals surface area contributed by atoms with Crippen LogP contribution in [0.3, 0.4) is 0 Å². The third kappa shape index (κ3) is 3.75. The predicted molar refractivity (Wildman–Crippen MR) is 95.1 cm³/mol. The molecule has 2 aliphatic heterocycles. The lowest BCUT2D eigenvalue weighted by atomic mass is 10.1. The summed E-state index contributed by atoms with van der Waals surface area (Å²) in [7, 11) is -7.51. The molecule has 1 atom stereocenters. The van der Waals surface area contributed by atoms with Crippen LogP contribution in [0.2, 0.25) is 0 Å². The zero-order valence-corrected chi connectivity index (χ0v) is 15.7. The zero-order valence-electron chi connectivity index (χ0n) is 14.1. The second-order valence-electron chi connectivity index (χ2n) is 6.60. The highest BCUT2D eigenvalue weighted by molar-refractivity contribution is 7.92. The molecule has 2 fully saturated rings. The zero-order chi connectivity index (χ0) is 18.9. The Morgan fingerprint density at radius 3 is 2.35 bits per heavy atom. The third-order valence-electron chi connectivity index (χ3n) is 4.85. The molecule has 2 saturated heterocycles. The van der Waals surface area contributed by atoms with Crippen LogP contribution >= 0.6 is 0 Å². The van der Waals surface area contributed by atoms with Crippen molar-refractivity contribution in [2.24, 2.45) is 0 Å². The summed E-state index contributed by atoms with van der Waals surface area (Å²) in [6.45, 7) is 1.24. The van der Waals surface area contributed by atoms with Crippen molar-refractivity contribution in [3.8, 4) is 0 Å². The first-order chi connectivity index (χ1) is 12.2. The van der Waals surface area contributed by atoms with Gasteiger partial charge in [0.1, 0.15) is 0 Å². The molecule has 3 rings (SSSR count). The molecule has 2 heterocycles. The molecule has 0 aromatic heterocycles. The Morgan fingerprint density at radius 1 is 1.12 bits per heavy atom. The number of hydrogen-bond donors (Lipinski definition) is 1. The average Bonchev–Trinajstić information content (AvgIpc) is 2.95. The fraction of sp³-hybridized carbons (Fsp3) is 0.600. The lowest BCUT2D eigenvalue weighted by molar-refractivity contribution is -0.387.